The van der Waals surface area contributed by atoms with Crippen LogP contribution in [0.1, 0.15) is 42.1 Å². The zero-order chi connectivity index (χ0) is 15.5. The first-order valence-corrected chi connectivity index (χ1v) is 7.30. The summed E-state index contributed by atoms with van der Waals surface area (Å²) in [7, 11) is 0. The zero-order valence-corrected chi connectivity index (χ0v) is 12.4. The summed E-state index contributed by atoms with van der Waals surface area (Å²) in [6.45, 7) is 4.15. The van der Waals surface area contributed by atoms with Gasteiger partial charge in [-0.2, -0.15) is 0 Å². The highest BCUT2D eigenvalue weighted by Crippen LogP contribution is 2.05. The fourth-order valence-corrected chi connectivity index (χ4v) is 1.76. The molecular weight excluding hydrogens is 270 g/mol. The zero-order valence-electron chi connectivity index (χ0n) is 12.4. The van der Waals surface area contributed by atoms with Gasteiger partial charge in [0.05, 0.1) is 12.0 Å². The number of benzene rings is 1. The van der Waals surface area contributed by atoms with E-state index in [1.165, 1.54) is 12.1 Å². The first-order valence-electron chi connectivity index (χ1n) is 7.30. The van der Waals surface area contributed by atoms with Crippen molar-refractivity contribution in [3.63, 3.8) is 0 Å². The van der Waals surface area contributed by atoms with Gasteiger partial charge in [0.2, 0.25) is 5.91 Å². The van der Waals surface area contributed by atoms with Crippen LogP contribution >= 0.6 is 0 Å². The van der Waals surface area contributed by atoms with Gasteiger partial charge in [-0.1, -0.05) is 25.5 Å². The minimum Gasteiger partial charge on any atom is -0.478 e. The summed E-state index contributed by atoms with van der Waals surface area (Å²) in [5.41, 5.74) is 1.03. The molecule has 5 heteroatoms. The molecule has 21 heavy (non-hydrogen) atoms. The minimum atomic E-state index is -0.964. The largest absolute Gasteiger partial charge is 0.478 e. The summed E-state index contributed by atoms with van der Waals surface area (Å²) >= 11 is 0. The third kappa shape index (κ3) is 7.46. The molecule has 0 bridgehead atoms. The summed E-state index contributed by atoms with van der Waals surface area (Å²) in [5.74, 6) is -1.03. The molecule has 1 aromatic rings. The van der Waals surface area contributed by atoms with Crippen molar-refractivity contribution in [2.75, 3.05) is 19.8 Å². The van der Waals surface area contributed by atoms with E-state index in [0.717, 1.165) is 31.4 Å². The number of hydrogen-bond acceptors (Lipinski definition) is 3. The average molecular weight is 293 g/mol. The number of carbonyl (C=O) groups excluding carboxylic acids is 1. The number of carboxylic acid groups (broad SMARTS) is 1. The molecule has 0 aliphatic heterocycles. The van der Waals surface area contributed by atoms with E-state index in [-0.39, 0.29) is 17.9 Å². The lowest BCUT2D eigenvalue weighted by Crippen LogP contribution is -2.26. The number of amides is 1. The van der Waals surface area contributed by atoms with Gasteiger partial charge in [0.25, 0.3) is 0 Å². The molecule has 0 atom stereocenters. The molecule has 1 rings (SSSR count). The second-order valence-corrected chi connectivity index (χ2v) is 4.85. The van der Waals surface area contributed by atoms with Gasteiger partial charge < -0.3 is 15.2 Å². The van der Waals surface area contributed by atoms with Crippen LogP contribution in [0, 0.1) is 0 Å². The van der Waals surface area contributed by atoms with Gasteiger partial charge in [-0.15, -0.1) is 0 Å². The molecule has 1 aromatic carbocycles. The lowest BCUT2D eigenvalue weighted by atomic mass is 10.1. The second-order valence-electron chi connectivity index (χ2n) is 4.85. The Labute approximate surface area is 125 Å². The molecule has 0 saturated heterocycles. The molecule has 116 valence electrons. The Morgan fingerprint density at radius 1 is 1.14 bits per heavy atom. The maximum absolute atomic E-state index is 11.7. The highest BCUT2D eigenvalue weighted by molar-refractivity contribution is 5.87. The van der Waals surface area contributed by atoms with Crippen LogP contribution < -0.4 is 5.32 Å². The average Bonchev–Trinajstić information content (AvgIpc) is 2.47. The van der Waals surface area contributed by atoms with Crippen LogP contribution in [0.25, 0.3) is 0 Å². The third-order valence-electron chi connectivity index (χ3n) is 3.00. The monoisotopic (exact) mass is 293 g/mol. The second kappa shape index (κ2) is 9.94. The van der Waals surface area contributed by atoms with E-state index < -0.39 is 5.97 Å². The van der Waals surface area contributed by atoms with Crippen molar-refractivity contribution in [1.82, 2.24) is 5.32 Å². The molecule has 5 nitrogen and oxygen atoms in total. The Bertz CT molecular complexity index is 442. The summed E-state index contributed by atoms with van der Waals surface area (Å²) in [6, 6.07) is 6.34. The molecule has 0 unspecified atom stereocenters. The van der Waals surface area contributed by atoms with Crippen LogP contribution in [0.15, 0.2) is 24.3 Å². The van der Waals surface area contributed by atoms with Gasteiger partial charge in [-0.3, -0.25) is 4.79 Å². The standard InChI is InChI=1S/C16H23NO4/c1-2-3-10-21-11-4-9-17-15(18)12-13-5-7-14(8-6-13)16(19)20/h5-8H,2-4,9-12H2,1H3,(H,17,18)(H,19,20). The first kappa shape index (κ1) is 17.2. The van der Waals surface area contributed by atoms with E-state index >= 15 is 0 Å². The molecule has 0 saturated carbocycles. The van der Waals surface area contributed by atoms with Crippen LogP contribution in [0.3, 0.4) is 0 Å². The summed E-state index contributed by atoms with van der Waals surface area (Å²) < 4.78 is 5.40. The topological polar surface area (TPSA) is 75.6 Å². The number of rotatable bonds is 10. The Morgan fingerprint density at radius 3 is 2.43 bits per heavy atom. The van der Waals surface area contributed by atoms with Gasteiger partial charge in [-0.25, -0.2) is 4.79 Å². The van der Waals surface area contributed by atoms with Gasteiger partial charge in [-0.05, 0) is 30.5 Å². The van der Waals surface area contributed by atoms with Crippen molar-refractivity contribution in [2.24, 2.45) is 0 Å². The van der Waals surface area contributed by atoms with Crippen LogP contribution in [-0.4, -0.2) is 36.7 Å². The van der Waals surface area contributed by atoms with E-state index in [9.17, 15) is 9.59 Å². The van der Waals surface area contributed by atoms with Crippen molar-refractivity contribution in [3.8, 4) is 0 Å². The van der Waals surface area contributed by atoms with Crippen molar-refractivity contribution < 1.29 is 19.4 Å². The molecule has 0 aliphatic carbocycles. The van der Waals surface area contributed by atoms with Gasteiger partial charge in [0.1, 0.15) is 0 Å². The molecule has 0 aliphatic rings. The van der Waals surface area contributed by atoms with Gasteiger partial charge >= 0.3 is 5.97 Å². The number of carbonyl (C=O) groups is 2. The molecule has 0 spiro atoms. The van der Waals surface area contributed by atoms with Crippen LogP contribution in [0.2, 0.25) is 0 Å². The van der Waals surface area contributed by atoms with Crippen LogP contribution in [-0.2, 0) is 16.0 Å². The van der Waals surface area contributed by atoms with Crippen molar-refractivity contribution in [1.29, 1.82) is 0 Å². The predicted octanol–water partition coefficient (Wildman–Crippen LogP) is 2.25. The quantitative estimate of drug-likeness (QED) is 0.649. The Hall–Kier alpha value is -1.88. The minimum absolute atomic E-state index is 0.0633. The summed E-state index contributed by atoms with van der Waals surface area (Å²) in [6.07, 6.45) is 3.25. The van der Waals surface area contributed by atoms with Crippen molar-refractivity contribution >= 4 is 11.9 Å². The molecule has 0 heterocycles. The van der Waals surface area contributed by atoms with Gasteiger partial charge in [0.15, 0.2) is 0 Å². The van der Waals surface area contributed by atoms with Gasteiger partial charge in [0, 0.05) is 19.8 Å². The van der Waals surface area contributed by atoms with Crippen LogP contribution in [0.4, 0.5) is 0 Å². The van der Waals surface area contributed by atoms with E-state index in [1.54, 1.807) is 12.1 Å². The Kier molecular flexibility index (Phi) is 8.12. The highest BCUT2D eigenvalue weighted by atomic mass is 16.5. The number of nitrogens with one attached hydrogen (secondary N) is 1. The molecular formula is C16H23NO4. The number of unbranched alkanes of at least 4 members (excludes halogenated alkanes) is 1. The SMILES string of the molecule is CCCCOCCCNC(=O)Cc1ccc(C(=O)O)cc1. The number of ether oxygens (including phenoxy) is 1. The van der Waals surface area contributed by atoms with Crippen LogP contribution in [0.5, 0.6) is 0 Å². The third-order valence-corrected chi connectivity index (χ3v) is 3.00. The number of carboxylic acids is 1. The number of aromatic carboxylic acids is 1. The Morgan fingerprint density at radius 2 is 1.81 bits per heavy atom. The fourth-order valence-electron chi connectivity index (χ4n) is 1.76. The van der Waals surface area contributed by atoms with Crippen molar-refractivity contribution in [3.05, 3.63) is 35.4 Å². The molecule has 0 fully saturated rings. The first-order chi connectivity index (χ1) is 10.1. The molecule has 0 aromatic heterocycles. The normalized spacial score (nSPS) is 10.3. The Balaban J connectivity index is 2.17. The molecule has 2 N–H and O–H groups in total. The highest BCUT2D eigenvalue weighted by Gasteiger charge is 2.05. The maximum atomic E-state index is 11.7. The van der Waals surface area contributed by atoms with Crippen molar-refractivity contribution in [2.45, 2.75) is 32.6 Å². The van der Waals surface area contributed by atoms with E-state index in [4.69, 9.17) is 9.84 Å². The molecule has 1 amide bonds. The summed E-state index contributed by atoms with van der Waals surface area (Å²) in [5, 5.41) is 11.6. The number of hydrogen-bond donors (Lipinski definition) is 2. The molecule has 0 radical (unpaired) electrons. The lowest BCUT2D eigenvalue weighted by Gasteiger charge is -2.06. The maximum Gasteiger partial charge on any atom is 0.335 e. The fraction of sp³-hybridized carbons (Fsp3) is 0.500. The van der Waals surface area contributed by atoms with E-state index in [1.807, 2.05) is 0 Å². The van der Waals surface area contributed by atoms with E-state index in [0.29, 0.717) is 13.2 Å². The predicted molar refractivity (Wildman–Crippen MR) is 80.5 cm³/mol. The van der Waals surface area contributed by atoms with E-state index in [2.05, 4.69) is 12.2 Å². The smallest absolute Gasteiger partial charge is 0.335 e. The lowest BCUT2D eigenvalue weighted by molar-refractivity contribution is -0.120. The summed E-state index contributed by atoms with van der Waals surface area (Å²) in [4.78, 5) is 22.4.